The topological polar surface area (TPSA) is 98.1 Å². The van der Waals surface area contributed by atoms with Gasteiger partial charge in [-0.1, -0.05) is 0 Å². The average Bonchev–Trinajstić information content (AvgIpc) is 2.50. The van der Waals surface area contributed by atoms with Gasteiger partial charge in [-0.15, -0.1) is 0 Å². The Balaban J connectivity index is 2.54. The van der Waals surface area contributed by atoms with Gasteiger partial charge in [0, 0.05) is 0 Å². The third-order valence-corrected chi connectivity index (χ3v) is 3.76. The zero-order valence-electron chi connectivity index (χ0n) is 6.91. The summed E-state index contributed by atoms with van der Waals surface area (Å²) in [6.45, 7) is 0. The maximum Gasteiger partial charge on any atom is 0.328 e. The molecule has 76 valence electrons. The van der Waals surface area contributed by atoms with Crippen molar-refractivity contribution in [2.45, 2.75) is 31.0 Å². The number of nitrogens with zero attached hydrogens (tertiary/aromatic N) is 1. The Kier molecular flexibility index (Phi) is 3.08. The second-order valence-corrected chi connectivity index (χ2v) is 5.10. The molecule has 0 saturated heterocycles. The van der Waals surface area contributed by atoms with Crippen LogP contribution in [0.1, 0.15) is 19.3 Å². The Hall–Kier alpha value is -0.420. The molecule has 1 fully saturated rings. The molecule has 0 bridgehead atoms. The summed E-state index contributed by atoms with van der Waals surface area (Å²) in [7, 11) is -4.05. The van der Waals surface area contributed by atoms with Crippen molar-refractivity contribution in [2.75, 3.05) is 0 Å². The highest BCUT2D eigenvalue weighted by Gasteiger charge is 2.38. The maximum atomic E-state index is 10.8. The fraction of sp³-hybridized carbons (Fsp3) is 0.833. The number of rotatable bonds is 3. The van der Waals surface area contributed by atoms with Crippen molar-refractivity contribution in [3.05, 3.63) is 0 Å². The molecule has 0 spiro atoms. The van der Waals surface area contributed by atoms with E-state index in [-0.39, 0.29) is 12.8 Å². The molecule has 7 heteroatoms. The zero-order valence-corrected chi connectivity index (χ0v) is 7.80. The lowest BCUT2D eigenvalue weighted by atomic mass is 10.2. The summed E-state index contributed by atoms with van der Waals surface area (Å²) < 4.78 is 10.8. The van der Waals surface area contributed by atoms with Crippen molar-refractivity contribution in [1.29, 1.82) is 0 Å². The van der Waals surface area contributed by atoms with Crippen LogP contribution < -0.4 is 0 Å². The van der Waals surface area contributed by atoms with Crippen molar-refractivity contribution < 1.29 is 24.4 Å². The average molecular weight is 209 g/mol. The number of amides is 1. The molecule has 0 aromatic heterocycles. The van der Waals surface area contributed by atoms with E-state index in [1.165, 1.54) is 0 Å². The minimum Gasteiger partial charge on any atom is -0.324 e. The van der Waals surface area contributed by atoms with Crippen LogP contribution in [0, 0.1) is 0 Å². The monoisotopic (exact) mass is 209 g/mol. The number of hydroxylamine groups is 2. The quantitative estimate of drug-likeness (QED) is 0.261. The normalized spacial score (nSPS) is 28.8. The minimum atomic E-state index is -4.05. The van der Waals surface area contributed by atoms with Crippen LogP contribution in [0.5, 0.6) is 0 Å². The van der Waals surface area contributed by atoms with Crippen molar-refractivity contribution in [2.24, 2.45) is 0 Å². The van der Waals surface area contributed by atoms with Gasteiger partial charge in [0.15, 0.2) is 0 Å². The highest BCUT2D eigenvalue weighted by molar-refractivity contribution is 7.52. The van der Waals surface area contributed by atoms with Gasteiger partial charge in [0.05, 0.1) is 11.7 Å². The van der Waals surface area contributed by atoms with E-state index < -0.39 is 19.3 Å². The van der Waals surface area contributed by atoms with E-state index in [0.717, 1.165) is 0 Å². The highest BCUT2D eigenvalue weighted by atomic mass is 31.2. The van der Waals surface area contributed by atoms with E-state index in [9.17, 15) is 9.36 Å². The number of carbonyl (C=O) groups is 1. The number of carbonyl (C=O) groups excluding carboxylic acids is 1. The van der Waals surface area contributed by atoms with E-state index in [1.54, 1.807) is 0 Å². The van der Waals surface area contributed by atoms with Gasteiger partial charge in [-0.3, -0.25) is 14.6 Å². The summed E-state index contributed by atoms with van der Waals surface area (Å²) in [5.41, 5.74) is -0.716. The van der Waals surface area contributed by atoms with Crippen molar-refractivity contribution in [3.8, 4) is 0 Å². The van der Waals surface area contributed by atoms with Crippen LogP contribution in [0.15, 0.2) is 0 Å². The van der Waals surface area contributed by atoms with Crippen LogP contribution in [-0.4, -0.2) is 38.2 Å². The second-order valence-electron chi connectivity index (χ2n) is 3.20. The largest absolute Gasteiger partial charge is 0.328 e. The second kappa shape index (κ2) is 3.75. The number of hydrogen-bond acceptors (Lipinski definition) is 3. The summed E-state index contributed by atoms with van der Waals surface area (Å²) in [5, 5.41) is 9.44. The van der Waals surface area contributed by atoms with Gasteiger partial charge in [-0.25, -0.2) is 5.06 Å². The predicted octanol–water partition coefficient (Wildman–Crippen LogP) is -0.0672. The number of hydrogen-bond donors (Lipinski definition) is 3. The third kappa shape index (κ3) is 2.51. The standard InChI is InChI=1S/C6H12NO5P/c8-4-7(9)5-1-2-6(3-5)13(10,11)12/h4-6,9H,1-3H2,(H2,10,11,12). The molecule has 0 aliphatic heterocycles. The van der Waals surface area contributed by atoms with Crippen LogP contribution in [0.25, 0.3) is 0 Å². The first-order chi connectivity index (χ1) is 5.95. The Morgan fingerprint density at radius 1 is 1.38 bits per heavy atom. The zero-order chi connectivity index (χ0) is 10.1. The smallest absolute Gasteiger partial charge is 0.324 e. The van der Waals surface area contributed by atoms with Gasteiger partial charge in [-0.05, 0) is 19.3 Å². The van der Waals surface area contributed by atoms with E-state index in [4.69, 9.17) is 15.0 Å². The molecule has 2 atom stereocenters. The molecule has 1 amide bonds. The molecule has 6 nitrogen and oxygen atoms in total. The van der Waals surface area contributed by atoms with Crippen LogP contribution in [-0.2, 0) is 9.36 Å². The van der Waals surface area contributed by atoms with Crippen molar-refractivity contribution >= 4 is 14.0 Å². The Morgan fingerprint density at radius 3 is 2.38 bits per heavy atom. The summed E-state index contributed by atoms with van der Waals surface area (Å²) >= 11 is 0. The Bertz CT molecular complexity index is 239. The lowest BCUT2D eigenvalue weighted by Gasteiger charge is -2.17. The van der Waals surface area contributed by atoms with Crippen LogP contribution in [0.3, 0.4) is 0 Å². The first-order valence-corrected chi connectivity index (χ1v) is 5.61. The molecule has 3 N–H and O–H groups in total. The SMILES string of the molecule is O=CN(O)C1CCC(P(=O)(O)O)C1. The predicted molar refractivity (Wildman–Crippen MR) is 43.2 cm³/mol. The highest BCUT2D eigenvalue weighted by Crippen LogP contribution is 2.49. The lowest BCUT2D eigenvalue weighted by Crippen LogP contribution is -2.28. The molecular weight excluding hydrogens is 197 g/mol. The molecular formula is C6H12NO5P. The molecule has 0 aromatic rings. The molecule has 13 heavy (non-hydrogen) atoms. The van der Waals surface area contributed by atoms with E-state index in [0.29, 0.717) is 17.9 Å². The molecule has 1 rings (SSSR count). The molecule has 0 heterocycles. The van der Waals surface area contributed by atoms with Gasteiger partial charge < -0.3 is 9.79 Å². The van der Waals surface area contributed by atoms with Crippen molar-refractivity contribution in [1.82, 2.24) is 5.06 Å². The van der Waals surface area contributed by atoms with Gasteiger partial charge in [0.2, 0.25) is 6.41 Å². The maximum absolute atomic E-state index is 10.8. The van der Waals surface area contributed by atoms with Crippen LogP contribution >= 0.6 is 7.60 Å². The first-order valence-electron chi connectivity index (χ1n) is 3.93. The fourth-order valence-corrected chi connectivity index (χ4v) is 2.57. The first kappa shape index (κ1) is 10.7. The van der Waals surface area contributed by atoms with E-state index in [2.05, 4.69) is 0 Å². The van der Waals surface area contributed by atoms with E-state index in [1.807, 2.05) is 0 Å². The molecule has 1 saturated carbocycles. The van der Waals surface area contributed by atoms with Crippen molar-refractivity contribution in [3.63, 3.8) is 0 Å². The van der Waals surface area contributed by atoms with Gasteiger partial charge in [0.1, 0.15) is 0 Å². The van der Waals surface area contributed by atoms with Crippen LogP contribution in [0.2, 0.25) is 0 Å². The summed E-state index contributed by atoms with van der Waals surface area (Å²) in [5.74, 6) is 0. The molecule has 2 unspecified atom stereocenters. The fourth-order valence-electron chi connectivity index (χ4n) is 1.57. The Morgan fingerprint density at radius 2 is 2.00 bits per heavy atom. The lowest BCUT2D eigenvalue weighted by molar-refractivity contribution is -0.159. The van der Waals surface area contributed by atoms with E-state index >= 15 is 0 Å². The minimum absolute atomic E-state index is 0.166. The molecule has 1 aliphatic rings. The molecule has 0 aromatic carbocycles. The Labute approximate surface area is 75.3 Å². The summed E-state index contributed by atoms with van der Waals surface area (Å²) in [6.07, 6.45) is 1.21. The van der Waals surface area contributed by atoms with Gasteiger partial charge in [-0.2, -0.15) is 0 Å². The molecule has 1 aliphatic carbocycles. The van der Waals surface area contributed by atoms with Gasteiger partial charge in [0.25, 0.3) is 0 Å². The summed E-state index contributed by atoms with van der Waals surface area (Å²) in [6, 6.07) is -0.449. The third-order valence-electron chi connectivity index (χ3n) is 2.34. The molecule has 0 radical (unpaired) electrons. The van der Waals surface area contributed by atoms with Crippen LogP contribution in [0.4, 0.5) is 0 Å². The van der Waals surface area contributed by atoms with Gasteiger partial charge >= 0.3 is 7.60 Å². The summed E-state index contributed by atoms with van der Waals surface area (Å²) in [4.78, 5) is 27.8.